The largest absolute Gasteiger partial charge is 0.494 e. The molecule has 0 saturated carbocycles. The van der Waals surface area contributed by atoms with E-state index in [9.17, 15) is 14.7 Å². The summed E-state index contributed by atoms with van der Waals surface area (Å²) in [4.78, 5) is 24.0. The lowest BCUT2D eigenvalue weighted by Gasteiger charge is -2.13. The lowest BCUT2D eigenvalue weighted by Crippen LogP contribution is -2.26. The Balaban J connectivity index is 3.52. The molecule has 1 rings (SSSR count). The van der Waals surface area contributed by atoms with Crippen molar-refractivity contribution in [3.05, 3.63) is 27.0 Å². The summed E-state index contributed by atoms with van der Waals surface area (Å²) in [7, 11) is 0. The summed E-state index contributed by atoms with van der Waals surface area (Å²) in [6.07, 6.45) is 1.88. The number of Topliss-reactive ketones (excluding diaryl/α,β-unsaturated/α-hetero) is 1. The lowest BCUT2D eigenvalue weighted by atomic mass is 9.99. The number of pyridine rings is 1. The standard InChI is InChI=1S/C14H18N2O3/c1-4-6-7-11(17)12-9(3)10(8-15)13(18)16(5-2)14(12)19/h19H,4-7H2,1-3H3. The number of aromatic nitrogens is 1. The first-order valence-corrected chi connectivity index (χ1v) is 6.39. The van der Waals surface area contributed by atoms with Crippen molar-refractivity contribution >= 4 is 5.78 Å². The molecule has 102 valence electrons. The van der Waals surface area contributed by atoms with E-state index < -0.39 is 5.56 Å². The highest BCUT2D eigenvalue weighted by atomic mass is 16.3. The first-order valence-electron chi connectivity index (χ1n) is 6.39. The van der Waals surface area contributed by atoms with Gasteiger partial charge in [-0.05, 0) is 25.8 Å². The number of nitrogens with zero attached hydrogens (tertiary/aromatic N) is 2. The van der Waals surface area contributed by atoms with Crippen molar-refractivity contribution in [1.82, 2.24) is 4.57 Å². The van der Waals surface area contributed by atoms with Crippen LogP contribution in [0.3, 0.4) is 0 Å². The zero-order chi connectivity index (χ0) is 14.6. The summed E-state index contributed by atoms with van der Waals surface area (Å²) in [5, 5.41) is 19.1. The molecule has 5 heteroatoms. The van der Waals surface area contributed by atoms with Crippen LogP contribution >= 0.6 is 0 Å². The summed E-state index contributed by atoms with van der Waals surface area (Å²) in [5.41, 5.74) is -0.242. The van der Waals surface area contributed by atoms with Crippen LogP contribution in [0.15, 0.2) is 4.79 Å². The van der Waals surface area contributed by atoms with Crippen LogP contribution in [0.1, 0.15) is 54.6 Å². The maximum absolute atomic E-state index is 12.1. The van der Waals surface area contributed by atoms with Gasteiger partial charge in [-0.25, -0.2) is 0 Å². The van der Waals surface area contributed by atoms with E-state index in [-0.39, 0.29) is 34.9 Å². The number of nitriles is 1. The Labute approximate surface area is 112 Å². The average molecular weight is 262 g/mol. The zero-order valence-electron chi connectivity index (χ0n) is 11.5. The fraction of sp³-hybridized carbons (Fsp3) is 0.500. The molecule has 0 unspecified atom stereocenters. The zero-order valence-corrected chi connectivity index (χ0v) is 11.5. The molecule has 19 heavy (non-hydrogen) atoms. The summed E-state index contributed by atoms with van der Waals surface area (Å²) >= 11 is 0. The SMILES string of the molecule is CCCCC(=O)c1c(C)c(C#N)c(=O)n(CC)c1O. The molecule has 0 spiro atoms. The third-order valence-electron chi connectivity index (χ3n) is 3.15. The quantitative estimate of drug-likeness (QED) is 0.824. The van der Waals surface area contributed by atoms with Crippen molar-refractivity contribution in [2.24, 2.45) is 0 Å². The summed E-state index contributed by atoms with van der Waals surface area (Å²) in [6, 6.07) is 1.82. The second kappa shape index (κ2) is 6.19. The second-order valence-electron chi connectivity index (χ2n) is 4.39. The van der Waals surface area contributed by atoms with Crippen molar-refractivity contribution in [2.45, 2.75) is 46.6 Å². The molecule has 0 saturated heterocycles. The Morgan fingerprint density at radius 3 is 2.53 bits per heavy atom. The monoisotopic (exact) mass is 262 g/mol. The fourth-order valence-electron chi connectivity index (χ4n) is 2.04. The van der Waals surface area contributed by atoms with E-state index in [0.29, 0.717) is 12.8 Å². The molecule has 0 fully saturated rings. The van der Waals surface area contributed by atoms with Crippen molar-refractivity contribution < 1.29 is 9.90 Å². The molecule has 0 aromatic carbocycles. The van der Waals surface area contributed by atoms with Crippen LogP contribution in [0.5, 0.6) is 5.88 Å². The molecule has 5 nitrogen and oxygen atoms in total. The molecule has 1 heterocycles. The molecule has 0 radical (unpaired) electrons. The average Bonchev–Trinajstić information content (AvgIpc) is 2.37. The van der Waals surface area contributed by atoms with Crippen molar-refractivity contribution in [1.29, 1.82) is 5.26 Å². The van der Waals surface area contributed by atoms with Gasteiger partial charge in [0.2, 0.25) is 5.88 Å². The van der Waals surface area contributed by atoms with Gasteiger partial charge in [-0.15, -0.1) is 0 Å². The summed E-state index contributed by atoms with van der Waals surface area (Å²) in [5.74, 6) is -0.555. The van der Waals surface area contributed by atoms with Crippen LogP contribution in [0, 0.1) is 18.3 Å². The maximum Gasteiger partial charge on any atom is 0.271 e. The number of carbonyl (C=O) groups is 1. The highest BCUT2D eigenvalue weighted by molar-refractivity contribution is 5.99. The molecular weight excluding hydrogens is 244 g/mol. The number of carbonyl (C=O) groups excluding carboxylic acids is 1. The highest BCUT2D eigenvalue weighted by Crippen LogP contribution is 2.23. The number of ketones is 1. The van der Waals surface area contributed by atoms with Crippen LogP contribution < -0.4 is 5.56 Å². The van der Waals surface area contributed by atoms with E-state index in [1.165, 1.54) is 6.92 Å². The molecule has 1 aromatic heterocycles. The molecule has 0 aliphatic carbocycles. The van der Waals surface area contributed by atoms with Crippen molar-refractivity contribution in [3.63, 3.8) is 0 Å². The van der Waals surface area contributed by atoms with Gasteiger partial charge in [-0.1, -0.05) is 13.3 Å². The van der Waals surface area contributed by atoms with E-state index in [2.05, 4.69) is 0 Å². The van der Waals surface area contributed by atoms with E-state index in [1.54, 1.807) is 6.92 Å². The van der Waals surface area contributed by atoms with E-state index in [1.807, 2.05) is 13.0 Å². The minimum atomic E-state index is -0.549. The van der Waals surface area contributed by atoms with Gasteiger partial charge in [0.25, 0.3) is 5.56 Å². The number of hydrogen-bond donors (Lipinski definition) is 1. The Kier molecular flexibility index (Phi) is 4.87. The minimum absolute atomic E-state index is 0.0699. The predicted molar refractivity (Wildman–Crippen MR) is 71.3 cm³/mol. The van der Waals surface area contributed by atoms with Crippen molar-refractivity contribution in [2.75, 3.05) is 0 Å². The summed E-state index contributed by atoms with van der Waals surface area (Å²) < 4.78 is 1.06. The van der Waals surface area contributed by atoms with Gasteiger partial charge in [-0.3, -0.25) is 14.2 Å². The first kappa shape index (κ1) is 15.0. The van der Waals surface area contributed by atoms with E-state index in [4.69, 9.17) is 5.26 Å². The molecule has 0 atom stereocenters. The fourth-order valence-corrected chi connectivity index (χ4v) is 2.04. The predicted octanol–water partition coefficient (Wildman–Crippen LogP) is 2.13. The molecule has 1 N–H and O–H groups in total. The lowest BCUT2D eigenvalue weighted by molar-refractivity contribution is 0.0974. The second-order valence-corrected chi connectivity index (χ2v) is 4.39. The smallest absolute Gasteiger partial charge is 0.271 e. The number of aromatic hydroxyl groups is 1. The topological polar surface area (TPSA) is 83.1 Å². The van der Waals surface area contributed by atoms with Gasteiger partial charge in [-0.2, -0.15) is 5.26 Å². The molecule has 0 amide bonds. The Bertz CT molecular complexity index is 594. The molecular formula is C14H18N2O3. The maximum atomic E-state index is 12.1. The van der Waals surface area contributed by atoms with E-state index >= 15 is 0 Å². The van der Waals surface area contributed by atoms with Crippen molar-refractivity contribution in [3.8, 4) is 11.9 Å². The Hall–Kier alpha value is -2.09. The Morgan fingerprint density at radius 1 is 1.42 bits per heavy atom. The molecule has 0 bridgehead atoms. The van der Waals surface area contributed by atoms with Gasteiger partial charge < -0.3 is 5.11 Å². The van der Waals surface area contributed by atoms with Crippen LogP contribution in [0.4, 0.5) is 0 Å². The third kappa shape index (κ3) is 2.68. The van der Waals surface area contributed by atoms with Gasteiger partial charge in [0.1, 0.15) is 11.6 Å². The minimum Gasteiger partial charge on any atom is -0.494 e. The Morgan fingerprint density at radius 2 is 2.05 bits per heavy atom. The summed E-state index contributed by atoms with van der Waals surface area (Å²) in [6.45, 7) is 5.39. The van der Waals surface area contributed by atoms with Crippen LogP contribution in [-0.2, 0) is 6.54 Å². The van der Waals surface area contributed by atoms with Crippen LogP contribution in [0.25, 0.3) is 0 Å². The van der Waals surface area contributed by atoms with Gasteiger partial charge in [0.05, 0.1) is 5.56 Å². The number of rotatable bonds is 5. The normalized spacial score (nSPS) is 10.2. The van der Waals surface area contributed by atoms with Gasteiger partial charge >= 0.3 is 0 Å². The molecule has 0 aliphatic rings. The molecule has 0 aliphatic heterocycles. The van der Waals surface area contributed by atoms with Gasteiger partial charge in [0.15, 0.2) is 5.78 Å². The number of hydrogen-bond acceptors (Lipinski definition) is 4. The van der Waals surface area contributed by atoms with Crippen LogP contribution in [-0.4, -0.2) is 15.5 Å². The van der Waals surface area contributed by atoms with Crippen LogP contribution in [0.2, 0.25) is 0 Å². The third-order valence-corrected chi connectivity index (χ3v) is 3.15. The number of unbranched alkanes of at least 4 members (excludes halogenated alkanes) is 1. The van der Waals surface area contributed by atoms with E-state index in [0.717, 1.165) is 11.0 Å². The highest BCUT2D eigenvalue weighted by Gasteiger charge is 2.22. The first-order chi connectivity index (χ1) is 8.99. The molecule has 1 aromatic rings. The van der Waals surface area contributed by atoms with Gasteiger partial charge in [0, 0.05) is 13.0 Å².